The molecule has 7 rings (SSSR count). The van der Waals surface area contributed by atoms with Crippen molar-refractivity contribution in [3.8, 4) is 33.6 Å². The number of fused-ring (bicyclic) bond motifs is 3. The molecule has 3 aromatic carbocycles. The van der Waals surface area contributed by atoms with E-state index in [2.05, 4.69) is 103 Å². The molecule has 3 nitrogen and oxygen atoms in total. The van der Waals surface area contributed by atoms with Crippen molar-refractivity contribution in [1.29, 1.82) is 0 Å². The van der Waals surface area contributed by atoms with Gasteiger partial charge in [-0.15, -0.1) is 59.7 Å². The molecule has 6 heteroatoms. The fourth-order valence-corrected chi connectivity index (χ4v) is 7.32. The number of nitrogens with zero attached hydrogens (tertiary/aromatic N) is 3. The number of thiophene rings is 1. The minimum atomic E-state index is -1.53. The molecule has 4 heterocycles. The largest absolute Gasteiger partial charge is 0.305 e. The average molecular weight is 756 g/mol. The van der Waals surface area contributed by atoms with E-state index in [0.717, 1.165) is 27.3 Å². The van der Waals surface area contributed by atoms with Crippen molar-refractivity contribution in [3.05, 3.63) is 134 Å². The maximum Gasteiger partial charge on any atom is 0.113 e. The summed E-state index contributed by atoms with van der Waals surface area (Å²) in [6.07, 6.45) is 5.73. The van der Waals surface area contributed by atoms with Crippen molar-refractivity contribution in [1.82, 2.24) is 15.0 Å². The number of aromatic nitrogens is 3. The van der Waals surface area contributed by atoms with Crippen molar-refractivity contribution >= 4 is 44.9 Å². The summed E-state index contributed by atoms with van der Waals surface area (Å²) in [5, 5.41) is 3.81. The smallest absolute Gasteiger partial charge is 0.113 e. The van der Waals surface area contributed by atoms with Gasteiger partial charge in [-0.3, -0.25) is 0 Å². The summed E-state index contributed by atoms with van der Waals surface area (Å²) in [7, 11) is -1.53. The van der Waals surface area contributed by atoms with Crippen molar-refractivity contribution in [2.45, 2.75) is 19.6 Å². The molecule has 0 aliphatic carbocycles. The Balaban J connectivity index is 0.000000228. The Labute approximate surface area is 265 Å². The first kappa shape index (κ1) is 29.7. The van der Waals surface area contributed by atoms with Crippen molar-refractivity contribution in [3.63, 3.8) is 0 Å². The van der Waals surface area contributed by atoms with Crippen LogP contribution in [0.25, 0.3) is 53.9 Å². The first-order chi connectivity index (χ1) is 20.0. The Morgan fingerprint density at radius 1 is 0.667 bits per heavy atom. The molecule has 0 unspecified atom stereocenters. The van der Waals surface area contributed by atoms with Crippen LogP contribution >= 0.6 is 11.3 Å². The van der Waals surface area contributed by atoms with Gasteiger partial charge in [0.2, 0.25) is 0 Å². The van der Waals surface area contributed by atoms with Crippen molar-refractivity contribution in [2.24, 2.45) is 0 Å². The molecule has 1 radical (unpaired) electrons. The van der Waals surface area contributed by atoms with Gasteiger partial charge in [0.05, 0.1) is 8.07 Å². The van der Waals surface area contributed by atoms with E-state index in [1.165, 1.54) is 31.8 Å². The summed E-state index contributed by atoms with van der Waals surface area (Å²) in [4.78, 5) is 14.7. The molecule has 0 aliphatic rings. The number of benzene rings is 3. The maximum atomic E-state index is 4.86. The van der Waals surface area contributed by atoms with Crippen LogP contribution in [0.15, 0.2) is 122 Å². The third kappa shape index (κ3) is 6.48. The quantitative estimate of drug-likeness (QED) is 0.133. The minimum absolute atomic E-state index is 0. The number of hydrogen-bond donors (Lipinski definition) is 0. The van der Waals surface area contributed by atoms with E-state index >= 15 is 0 Å². The first-order valence-electron chi connectivity index (χ1n) is 13.6. The molecule has 0 spiro atoms. The summed E-state index contributed by atoms with van der Waals surface area (Å²) >= 11 is 1.71. The van der Waals surface area contributed by atoms with Crippen LogP contribution in [-0.4, -0.2) is 23.0 Å². The molecule has 0 atom stereocenters. The molecule has 0 saturated heterocycles. The molecule has 0 N–H and O–H groups in total. The minimum Gasteiger partial charge on any atom is -0.305 e. The Bertz CT molecular complexity index is 1880. The van der Waals surface area contributed by atoms with Crippen LogP contribution in [0.5, 0.6) is 0 Å². The molecule has 7 aromatic rings. The van der Waals surface area contributed by atoms with Crippen LogP contribution in [0.1, 0.15) is 0 Å². The summed E-state index contributed by atoms with van der Waals surface area (Å²) in [6.45, 7) is 7.12. The van der Waals surface area contributed by atoms with Gasteiger partial charge in [-0.2, -0.15) is 11.3 Å². The fraction of sp³-hybridized carbons (Fsp3) is 0.0833. The summed E-state index contributed by atoms with van der Waals surface area (Å²) in [6, 6.07) is 41.6. The fourth-order valence-electron chi connectivity index (χ4n) is 4.83. The number of hydrogen-bond acceptors (Lipinski definition) is 4. The molecule has 0 aliphatic heterocycles. The van der Waals surface area contributed by atoms with Gasteiger partial charge in [0.15, 0.2) is 0 Å². The van der Waals surface area contributed by atoms with Gasteiger partial charge in [0.1, 0.15) is 4.83 Å². The van der Waals surface area contributed by atoms with E-state index in [4.69, 9.17) is 4.98 Å². The second-order valence-electron chi connectivity index (χ2n) is 10.8. The molecular weight excluding hydrogens is 727 g/mol. The van der Waals surface area contributed by atoms with Gasteiger partial charge in [-0.25, -0.2) is 4.98 Å². The summed E-state index contributed by atoms with van der Waals surface area (Å²) in [5.74, 6) is 0. The first-order valence-corrected chi connectivity index (χ1v) is 17.9. The van der Waals surface area contributed by atoms with E-state index in [9.17, 15) is 0 Å². The van der Waals surface area contributed by atoms with E-state index in [1.54, 1.807) is 17.5 Å². The predicted molar refractivity (Wildman–Crippen MR) is 176 cm³/mol. The van der Waals surface area contributed by atoms with E-state index in [-0.39, 0.29) is 20.1 Å². The Hall–Kier alpha value is -3.80. The molecule has 0 amide bonds. The zero-order valence-corrected chi connectivity index (χ0v) is 27.8. The number of rotatable bonds is 4. The molecule has 0 saturated carbocycles. The maximum absolute atomic E-state index is 4.86. The van der Waals surface area contributed by atoms with Gasteiger partial charge in [0.25, 0.3) is 0 Å². The van der Waals surface area contributed by atoms with E-state index < -0.39 is 8.07 Å². The van der Waals surface area contributed by atoms with Crippen LogP contribution in [0.4, 0.5) is 0 Å². The Kier molecular flexibility index (Phi) is 9.20. The molecule has 42 heavy (non-hydrogen) atoms. The van der Waals surface area contributed by atoms with Crippen molar-refractivity contribution in [2.75, 3.05) is 0 Å². The zero-order chi connectivity index (χ0) is 28.2. The third-order valence-electron chi connectivity index (χ3n) is 6.90. The van der Waals surface area contributed by atoms with Crippen LogP contribution < -0.4 is 5.19 Å². The summed E-state index contributed by atoms with van der Waals surface area (Å²) in [5.41, 5.74) is 6.55. The van der Waals surface area contributed by atoms with E-state index in [1.807, 2.05) is 54.7 Å². The molecule has 209 valence electrons. The van der Waals surface area contributed by atoms with Crippen LogP contribution in [0.2, 0.25) is 19.6 Å². The van der Waals surface area contributed by atoms with Gasteiger partial charge in [0, 0.05) is 38.7 Å². The molecule has 0 bridgehead atoms. The Morgan fingerprint density at radius 2 is 1.45 bits per heavy atom. The number of pyridine rings is 3. The van der Waals surface area contributed by atoms with Crippen LogP contribution in [0, 0.1) is 12.1 Å². The zero-order valence-electron chi connectivity index (χ0n) is 23.6. The normalized spacial score (nSPS) is 11.0. The van der Waals surface area contributed by atoms with Crippen molar-refractivity contribution < 1.29 is 20.1 Å². The molecule has 0 fully saturated rings. The van der Waals surface area contributed by atoms with E-state index in [0.29, 0.717) is 0 Å². The second-order valence-corrected chi connectivity index (χ2v) is 16.9. The Morgan fingerprint density at radius 3 is 2.19 bits per heavy atom. The van der Waals surface area contributed by atoms with Crippen LogP contribution in [-0.2, 0) is 20.1 Å². The SMILES string of the molecule is C[Si](C)(C)c1cnc(-c2[c-]cc3sc4ncccc4c3c2)cc1-c1ccccc1.[Ir].[c-]1ccccc1-c1ccccn1. The average Bonchev–Trinajstić information content (AvgIpc) is 3.40. The molecule has 4 aromatic heterocycles. The summed E-state index contributed by atoms with van der Waals surface area (Å²) < 4.78 is 1.21. The second kappa shape index (κ2) is 13.0. The molecular formula is C36H29IrN3SSi-2. The van der Waals surface area contributed by atoms with Crippen LogP contribution in [0.3, 0.4) is 0 Å². The van der Waals surface area contributed by atoms with Gasteiger partial charge < -0.3 is 9.97 Å². The standard InChI is InChI=1S/C25H21N2SSi.C11H8N.Ir/c1-29(2,3)24-16-27-22(15-20(24)17-8-5-4-6-9-17)18-11-12-23-21(14-18)19-10-7-13-26-25(19)28-23;1-2-6-10(7-3-1)11-8-4-5-9-12-11;/h4-10,12-16H,1-3H3;1-6,8-9H;/q2*-1;. The topological polar surface area (TPSA) is 38.7 Å². The predicted octanol–water partition coefficient (Wildman–Crippen LogP) is 9.07. The van der Waals surface area contributed by atoms with Gasteiger partial charge >= 0.3 is 0 Å². The third-order valence-corrected chi connectivity index (χ3v) is 9.99. The van der Waals surface area contributed by atoms with Gasteiger partial charge in [-0.05, 0) is 49.9 Å². The van der Waals surface area contributed by atoms with Gasteiger partial charge in [-0.1, -0.05) is 79.6 Å². The monoisotopic (exact) mass is 756 g/mol.